The van der Waals surface area contributed by atoms with E-state index in [1.54, 1.807) is 33.5 Å². The molecule has 1 aromatic heterocycles. The van der Waals surface area contributed by atoms with Crippen molar-refractivity contribution >= 4 is 55.0 Å². The van der Waals surface area contributed by atoms with Crippen LogP contribution in [0.25, 0.3) is 10.2 Å². The molecule has 41 heavy (non-hydrogen) atoms. The van der Waals surface area contributed by atoms with E-state index in [2.05, 4.69) is 32.6 Å². The molecule has 0 fully saturated rings. The lowest BCUT2D eigenvalue weighted by atomic mass is 10.2. The Balaban J connectivity index is 0.00000588. The minimum absolute atomic E-state index is 0. The van der Waals surface area contributed by atoms with E-state index in [4.69, 9.17) is 9.72 Å². The third-order valence-corrected chi connectivity index (χ3v) is 9.90. The number of hydrogen-bond donors (Lipinski definition) is 0. The van der Waals surface area contributed by atoms with Crippen molar-refractivity contribution in [2.24, 2.45) is 0 Å². The highest BCUT2D eigenvalue weighted by Crippen LogP contribution is 2.35. The van der Waals surface area contributed by atoms with Gasteiger partial charge in [0, 0.05) is 31.7 Å². The number of rotatable bonds is 17. The van der Waals surface area contributed by atoms with Crippen molar-refractivity contribution < 1.29 is 17.9 Å². The van der Waals surface area contributed by atoms with Crippen LogP contribution >= 0.6 is 23.7 Å². The average molecular weight is 625 g/mol. The van der Waals surface area contributed by atoms with Gasteiger partial charge in [-0.15, -0.1) is 12.4 Å². The number of thiazole rings is 1. The summed E-state index contributed by atoms with van der Waals surface area (Å²) in [5.41, 5.74) is 1.17. The number of nitrogens with zero attached hydrogens (tertiary/aromatic N) is 4. The summed E-state index contributed by atoms with van der Waals surface area (Å²) in [6, 6.07) is 12.2. The minimum Gasteiger partial charge on any atom is -0.492 e. The van der Waals surface area contributed by atoms with Crippen molar-refractivity contribution in [1.82, 2.24) is 14.2 Å². The average Bonchev–Trinajstić information content (AvgIpc) is 3.40. The number of carbonyl (C=O) groups excluding carboxylic acids is 1. The number of unbranched alkanes of at least 4 members (excludes halogenated alkanes) is 2. The Morgan fingerprint density at radius 1 is 0.878 bits per heavy atom. The molecule has 0 aliphatic rings. The van der Waals surface area contributed by atoms with Crippen LogP contribution in [0.3, 0.4) is 0 Å². The number of para-hydroxylation sites is 1. The van der Waals surface area contributed by atoms with Gasteiger partial charge in [-0.1, -0.05) is 57.9 Å². The molecule has 0 bridgehead atoms. The van der Waals surface area contributed by atoms with E-state index < -0.39 is 10.0 Å². The molecule has 0 N–H and O–H groups in total. The highest BCUT2D eigenvalue weighted by atomic mass is 35.5. The third kappa shape index (κ3) is 8.88. The molecule has 228 valence electrons. The SMILES string of the molecule is CCCCN(CCCC)S(=O)(=O)c1ccc(C(=O)N(CCN(CC)CC)c2nc3c(OCC)cccc3s2)cc1.Cl. The number of hydrogen-bond acceptors (Lipinski definition) is 7. The quantitative estimate of drug-likeness (QED) is 0.166. The molecule has 3 rings (SSSR count). The van der Waals surface area contributed by atoms with Crippen molar-refractivity contribution in [3.8, 4) is 5.75 Å². The van der Waals surface area contributed by atoms with Crippen LogP contribution < -0.4 is 9.64 Å². The molecule has 0 saturated heterocycles. The molecular weight excluding hydrogens is 580 g/mol. The van der Waals surface area contributed by atoms with E-state index in [-0.39, 0.29) is 23.2 Å². The highest BCUT2D eigenvalue weighted by molar-refractivity contribution is 7.89. The number of halogens is 1. The van der Waals surface area contributed by atoms with Crippen molar-refractivity contribution in [3.05, 3.63) is 48.0 Å². The topological polar surface area (TPSA) is 83.1 Å². The lowest BCUT2D eigenvalue weighted by Crippen LogP contribution is -2.39. The second kappa shape index (κ2) is 17.0. The molecular formula is C30H45ClN4O4S2. The Labute approximate surface area is 256 Å². The zero-order valence-corrected chi connectivity index (χ0v) is 27.4. The minimum atomic E-state index is -3.64. The Morgan fingerprint density at radius 3 is 2.07 bits per heavy atom. The first-order valence-electron chi connectivity index (χ1n) is 14.5. The van der Waals surface area contributed by atoms with Crippen LogP contribution in [0.5, 0.6) is 5.75 Å². The third-order valence-electron chi connectivity index (χ3n) is 6.94. The second-order valence-corrected chi connectivity index (χ2v) is 12.6. The van der Waals surface area contributed by atoms with Gasteiger partial charge in [0.25, 0.3) is 5.91 Å². The van der Waals surface area contributed by atoms with E-state index in [1.807, 2.05) is 25.1 Å². The largest absolute Gasteiger partial charge is 0.492 e. The van der Waals surface area contributed by atoms with Crippen LogP contribution in [-0.4, -0.2) is 74.4 Å². The van der Waals surface area contributed by atoms with E-state index in [0.717, 1.165) is 49.0 Å². The lowest BCUT2D eigenvalue weighted by molar-refractivity contribution is 0.0983. The molecule has 11 heteroatoms. The van der Waals surface area contributed by atoms with Gasteiger partial charge in [0.15, 0.2) is 5.13 Å². The van der Waals surface area contributed by atoms with Crippen molar-refractivity contribution in [3.63, 3.8) is 0 Å². The monoisotopic (exact) mass is 624 g/mol. The number of anilines is 1. The first-order valence-corrected chi connectivity index (χ1v) is 16.7. The maximum absolute atomic E-state index is 13.9. The van der Waals surface area contributed by atoms with Crippen molar-refractivity contribution in [1.29, 1.82) is 0 Å². The summed E-state index contributed by atoms with van der Waals surface area (Å²) < 4.78 is 35.1. The number of ether oxygens (including phenoxy) is 1. The molecule has 3 aromatic rings. The van der Waals surface area contributed by atoms with E-state index in [0.29, 0.717) is 49.2 Å². The zero-order chi connectivity index (χ0) is 29.1. The molecule has 0 aliphatic heterocycles. The molecule has 0 atom stereocenters. The molecule has 1 heterocycles. The predicted molar refractivity (Wildman–Crippen MR) is 173 cm³/mol. The Hall–Kier alpha value is -2.24. The summed E-state index contributed by atoms with van der Waals surface area (Å²) in [5, 5.41) is 0.598. The van der Waals surface area contributed by atoms with Gasteiger partial charge in [-0.25, -0.2) is 13.4 Å². The van der Waals surface area contributed by atoms with E-state index >= 15 is 0 Å². The molecule has 8 nitrogen and oxygen atoms in total. The normalized spacial score (nSPS) is 11.7. The van der Waals surface area contributed by atoms with Gasteiger partial charge in [0.1, 0.15) is 11.3 Å². The van der Waals surface area contributed by atoms with Crippen molar-refractivity contribution in [2.75, 3.05) is 50.8 Å². The summed E-state index contributed by atoms with van der Waals surface area (Å²) in [6.45, 7) is 14.7. The van der Waals surface area contributed by atoms with Crippen LogP contribution in [-0.2, 0) is 10.0 Å². The fourth-order valence-corrected chi connectivity index (χ4v) is 6.98. The Kier molecular flexibility index (Phi) is 14.5. The fourth-order valence-electron chi connectivity index (χ4n) is 4.46. The highest BCUT2D eigenvalue weighted by Gasteiger charge is 2.26. The summed E-state index contributed by atoms with van der Waals surface area (Å²) in [4.78, 5) is 22.9. The summed E-state index contributed by atoms with van der Waals surface area (Å²) >= 11 is 1.45. The maximum Gasteiger partial charge on any atom is 0.260 e. The number of amides is 1. The van der Waals surface area contributed by atoms with Gasteiger partial charge in [-0.2, -0.15) is 4.31 Å². The number of likely N-dealkylation sites (N-methyl/N-ethyl adjacent to an activating group) is 1. The standard InChI is InChI=1S/C30H44N4O4S2.ClH/c1-6-11-20-33(21-12-7-2)40(36,37)25-18-16-24(17-19-25)29(35)34(23-22-32(8-3)9-4)30-31-28-26(38-10-5)14-13-15-27(28)39-30;/h13-19H,6-12,20-23H2,1-5H3;1H. The molecule has 0 unspecified atom stereocenters. The van der Waals surface area contributed by atoms with Crippen LogP contribution in [0.4, 0.5) is 5.13 Å². The first-order chi connectivity index (χ1) is 19.3. The molecule has 2 aromatic carbocycles. The van der Waals surface area contributed by atoms with Crippen LogP contribution in [0, 0.1) is 0 Å². The van der Waals surface area contributed by atoms with Crippen LogP contribution in [0.1, 0.15) is 70.7 Å². The van der Waals surface area contributed by atoms with E-state index in [1.165, 1.54) is 11.3 Å². The second-order valence-electron chi connectivity index (χ2n) is 9.65. The van der Waals surface area contributed by atoms with Crippen molar-refractivity contribution in [2.45, 2.75) is 65.2 Å². The Bertz CT molecular complexity index is 1320. The number of fused-ring (bicyclic) bond motifs is 1. The lowest BCUT2D eigenvalue weighted by Gasteiger charge is -2.25. The number of carbonyl (C=O) groups is 1. The molecule has 0 spiro atoms. The number of sulfonamides is 1. The number of aromatic nitrogens is 1. The van der Waals surface area contributed by atoms with Crippen LogP contribution in [0.15, 0.2) is 47.4 Å². The molecule has 0 saturated carbocycles. The zero-order valence-electron chi connectivity index (χ0n) is 25.0. The van der Waals surface area contributed by atoms with Gasteiger partial charge < -0.3 is 9.64 Å². The predicted octanol–water partition coefficient (Wildman–Crippen LogP) is 6.70. The van der Waals surface area contributed by atoms with Gasteiger partial charge in [-0.05, 0) is 69.3 Å². The smallest absolute Gasteiger partial charge is 0.260 e. The molecule has 0 aliphatic carbocycles. The summed E-state index contributed by atoms with van der Waals surface area (Å²) in [7, 11) is -3.64. The van der Waals surface area contributed by atoms with Gasteiger partial charge in [-0.3, -0.25) is 9.69 Å². The number of benzene rings is 2. The van der Waals surface area contributed by atoms with Gasteiger partial charge in [0.2, 0.25) is 10.0 Å². The van der Waals surface area contributed by atoms with Crippen LogP contribution in [0.2, 0.25) is 0 Å². The molecule has 0 radical (unpaired) electrons. The van der Waals surface area contributed by atoms with Gasteiger partial charge in [0.05, 0.1) is 16.2 Å². The maximum atomic E-state index is 13.9. The Morgan fingerprint density at radius 2 is 1.51 bits per heavy atom. The van der Waals surface area contributed by atoms with Gasteiger partial charge >= 0.3 is 0 Å². The first kappa shape index (κ1) is 35.0. The summed E-state index contributed by atoms with van der Waals surface area (Å²) in [6.07, 6.45) is 3.47. The van der Waals surface area contributed by atoms with E-state index in [9.17, 15) is 13.2 Å². The fraction of sp³-hybridized carbons (Fsp3) is 0.533. The summed E-state index contributed by atoms with van der Waals surface area (Å²) in [5.74, 6) is 0.492. The molecule has 1 amide bonds.